The lowest BCUT2D eigenvalue weighted by atomic mass is 9.99. The van der Waals surface area contributed by atoms with Gasteiger partial charge in [0.1, 0.15) is 6.04 Å². The number of aliphatic carboxylic acids is 1. The second kappa shape index (κ2) is 6.92. The number of carbonyl (C=O) groups is 2. The molecule has 1 rings (SSSR count). The van der Waals surface area contributed by atoms with Gasteiger partial charge in [0, 0.05) is 7.05 Å². The van der Waals surface area contributed by atoms with Gasteiger partial charge in [-0.15, -0.1) is 0 Å². The van der Waals surface area contributed by atoms with Gasteiger partial charge in [-0.05, 0) is 18.8 Å². The maximum Gasteiger partial charge on any atom is 0.326 e. The predicted octanol–water partition coefficient (Wildman–Crippen LogP) is 1.43. The van der Waals surface area contributed by atoms with E-state index in [1.54, 1.807) is 14.0 Å². The summed E-state index contributed by atoms with van der Waals surface area (Å²) in [6.07, 6.45) is 3.99. The first kappa shape index (κ1) is 16.8. The molecule has 1 aliphatic rings. The Labute approximate surface area is 120 Å². The number of nitrogens with one attached hydrogen (secondary N) is 1. The zero-order valence-corrected chi connectivity index (χ0v) is 12.6. The molecule has 116 valence electrons. The molecule has 6 heteroatoms. The number of carboxylic acid groups (broad SMARTS) is 1. The molecular weight excluding hydrogens is 260 g/mol. The lowest BCUT2D eigenvalue weighted by Gasteiger charge is -2.30. The molecule has 2 amide bonds. The molecule has 0 bridgehead atoms. The Kier molecular flexibility index (Phi) is 5.80. The topological polar surface area (TPSA) is 89.9 Å². The van der Waals surface area contributed by atoms with Crippen molar-refractivity contribution < 1.29 is 19.8 Å². The van der Waals surface area contributed by atoms with Crippen molar-refractivity contribution in [1.82, 2.24) is 10.2 Å². The van der Waals surface area contributed by atoms with Crippen LogP contribution in [-0.4, -0.2) is 52.3 Å². The van der Waals surface area contributed by atoms with Gasteiger partial charge in [-0.25, -0.2) is 9.59 Å². The van der Waals surface area contributed by atoms with Crippen LogP contribution in [-0.2, 0) is 4.79 Å². The Balaban J connectivity index is 2.57. The van der Waals surface area contributed by atoms with Crippen molar-refractivity contribution in [2.75, 3.05) is 13.6 Å². The highest BCUT2D eigenvalue weighted by Gasteiger charge is 2.34. The van der Waals surface area contributed by atoms with Crippen molar-refractivity contribution in [2.24, 2.45) is 5.92 Å². The summed E-state index contributed by atoms with van der Waals surface area (Å²) in [5, 5.41) is 22.0. The third-order valence-electron chi connectivity index (χ3n) is 4.17. The van der Waals surface area contributed by atoms with E-state index in [1.165, 1.54) is 4.90 Å². The number of nitrogens with zero attached hydrogens (tertiary/aromatic N) is 1. The molecular formula is C14H26N2O4. The Morgan fingerprint density at radius 1 is 1.35 bits per heavy atom. The Hall–Kier alpha value is -1.30. The lowest BCUT2D eigenvalue weighted by Crippen LogP contribution is -2.52. The van der Waals surface area contributed by atoms with Gasteiger partial charge in [0.2, 0.25) is 0 Å². The number of rotatable bonds is 6. The molecule has 1 saturated carbocycles. The van der Waals surface area contributed by atoms with Crippen LogP contribution in [0.25, 0.3) is 0 Å². The summed E-state index contributed by atoms with van der Waals surface area (Å²) in [5.41, 5.74) is -0.818. The molecule has 1 fully saturated rings. The van der Waals surface area contributed by atoms with Crippen molar-refractivity contribution >= 4 is 12.0 Å². The quantitative estimate of drug-likeness (QED) is 0.689. The normalized spacial score (nSPS) is 20.2. The number of urea groups is 1. The van der Waals surface area contributed by atoms with Gasteiger partial charge >= 0.3 is 12.0 Å². The van der Waals surface area contributed by atoms with Gasteiger partial charge in [-0.3, -0.25) is 0 Å². The second-order valence-corrected chi connectivity index (χ2v) is 5.94. The van der Waals surface area contributed by atoms with Crippen LogP contribution in [0.2, 0.25) is 0 Å². The summed E-state index contributed by atoms with van der Waals surface area (Å²) in [6.45, 7) is 3.92. The van der Waals surface area contributed by atoms with Crippen LogP contribution >= 0.6 is 0 Å². The van der Waals surface area contributed by atoms with Crippen LogP contribution in [0, 0.1) is 5.92 Å². The van der Waals surface area contributed by atoms with E-state index in [0.29, 0.717) is 19.3 Å². The highest BCUT2D eigenvalue weighted by atomic mass is 16.4. The zero-order chi connectivity index (χ0) is 15.3. The number of hydrogen-bond donors (Lipinski definition) is 3. The largest absolute Gasteiger partial charge is 0.480 e. The summed E-state index contributed by atoms with van der Waals surface area (Å²) in [7, 11) is 1.58. The first-order valence-electron chi connectivity index (χ1n) is 7.26. The molecule has 20 heavy (non-hydrogen) atoms. The monoisotopic (exact) mass is 286 g/mol. The summed E-state index contributed by atoms with van der Waals surface area (Å²) in [5.74, 6) is -1.17. The van der Waals surface area contributed by atoms with Gasteiger partial charge in [-0.1, -0.05) is 33.1 Å². The Morgan fingerprint density at radius 3 is 2.35 bits per heavy atom. The Morgan fingerprint density at radius 2 is 1.90 bits per heavy atom. The van der Waals surface area contributed by atoms with E-state index < -0.39 is 23.6 Å². The van der Waals surface area contributed by atoms with E-state index >= 15 is 0 Å². The highest BCUT2D eigenvalue weighted by Crippen LogP contribution is 2.29. The SMILES string of the molecule is CC[C@H](C)[C@H](NC(=O)N(C)CC1(O)CCCC1)C(=O)O. The molecule has 0 aliphatic heterocycles. The molecule has 0 aromatic rings. The molecule has 0 unspecified atom stereocenters. The molecule has 0 spiro atoms. The molecule has 0 aromatic carbocycles. The van der Waals surface area contributed by atoms with Gasteiger partial charge in [0.05, 0.1) is 12.1 Å². The standard InChI is InChI=1S/C14H26N2O4/c1-4-10(2)11(12(17)18)15-13(19)16(3)9-14(20)7-5-6-8-14/h10-11,20H,4-9H2,1-3H3,(H,15,19)(H,17,18)/t10-,11-/m0/s1. The van der Waals surface area contributed by atoms with Crippen molar-refractivity contribution in [3.05, 3.63) is 0 Å². The fourth-order valence-corrected chi connectivity index (χ4v) is 2.63. The number of carbonyl (C=O) groups excluding carboxylic acids is 1. The minimum Gasteiger partial charge on any atom is -0.480 e. The molecule has 0 heterocycles. The van der Waals surface area contributed by atoms with Crippen LogP contribution in [0.1, 0.15) is 46.0 Å². The van der Waals surface area contributed by atoms with Crippen LogP contribution in [0.4, 0.5) is 4.79 Å². The highest BCUT2D eigenvalue weighted by molar-refractivity contribution is 5.82. The smallest absolute Gasteiger partial charge is 0.326 e. The van der Waals surface area contributed by atoms with E-state index in [1.807, 2.05) is 6.92 Å². The van der Waals surface area contributed by atoms with Gasteiger partial charge in [-0.2, -0.15) is 0 Å². The van der Waals surface area contributed by atoms with Crippen molar-refractivity contribution in [2.45, 2.75) is 57.6 Å². The van der Waals surface area contributed by atoms with Crippen molar-refractivity contribution in [3.8, 4) is 0 Å². The van der Waals surface area contributed by atoms with Gasteiger partial charge in [0.15, 0.2) is 0 Å². The minimum absolute atomic E-state index is 0.139. The zero-order valence-electron chi connectivity index (χ0n) is 12.6. The predicted molar refractivity (Wildman–Crippen MR) is 75.5 cm³/mol. The third-order valence-corrected chi connectivity index (χ3v) is 4.17. The average Bonchev–Trinajstić information content (AvgIpc) is 2.80. The number of hydrogen-bond acceptors (Lipinski definition) is 3. The van der Waals surface area contributed by atoms with Crippen LogP contribution in [0.5, 0.6) is 0 Å². The molecule has 0 radical (unpaired) electrons. The fraction of sp³-hybridized carbons (Fsp3) is 0.857. The first-order valence-corrected chi connectivity index (χ1v) is 7.26. The molecule has 3 N–H and O–H groups in total. The van der Waals surface area contributed by atoms with Crippen LogP contribution in [0.15, 0.2) is 0 Å². The van der Waals surface area contributed by atoms with Crippen LogP contribution < -0.4 is 5.32 Å². The van der Waals surface area contributed by atoms with E-state index in [9.17, 15) is 14.7 Å². The van der Waals surface area contributed by atoms with Crippen LogP contribution in [0.3, 0.4) is 0 Å². The molecule has 0 saturated heterocycles. The van der Waals surface area contributed by atoms with E-state index in [0.717, 1.165) is 12.8 Å². The first-order chi connectivity index (χ1) is 9.29. The molecule has 0 aromatic heterocycles. The van der Waals surface area contributed by atoms with Gasteiger partial charge in [0.25, 0.3) is 0 Å². The van der Waals surface area contributed by atoms with Crippen molar-refractivity contribution in [3.63, 3.8) is 0 Å². The maximum atomic E-state index is 12.0. The summed E-state index contributed by atoms with van der Waals surface area (Å²) in [4.78, 5) is 24.6. The summed E-state index contributed by atoms with van der Waals surface area (Å²) < 4.78 is 0. The molecule has 1 aliphatic carbocycles. The summed E-state index contributed by atoms with van der Waals surface area (Å²) in [6, 6.07) is -1.34. The lowest BCUT2D eigenvalue weighted by molar-refractivity contribution is -0.140. The van der Waals surface area contributed by atoms with E-state index in [-0.39, 0.29) is 12.5 Å². The third kappa shape index (κ3) is 4.37. The number of aliphatic hydroxyl groups is 1. The van der Waals surface area contributed by atoms with Crippen molar-refractivity contribution in [1.29, 1.82) is 0 Å². The minimum atomic E-state index is -1.03. The van der Waals surface area contributed by atoms with Gasteiger partial charge < -0.3 is 20.4 Å². The number of amides is 2. The number of carboxylic acids is 1. The van der Waals surface area contributed by atoms with E-state index in [4.69, 9.17) is 5.11 Å². The average molecular weight is 286 g/mol. The molecule has 6 nitrogen and oxygen atoms in total. The Bertz CT molecular complexity index is 353. The number of likely N-dealkylation sites (N-methyl/N-ethyl adjacent to an activating group) is 1. The maximum absolute atomic E-state index is 12.0. The van der Waals surface area contributed by atoms with E-state index in [2.05, 4.69) is 5.32 Å². The summed E-state index contributed by atoms with van der Waals surface area (Å²) >= 11 is 0. The second-order valence-electron chi connectivity index (χ2n) is 5.94. The fourth-order valence-electron chi connectivity index (χ4n) is 2.63. The molecule has 2 atom stereocenters.